The second-order valence-electron chi connectivity index (χ2n) is 6.19. The first-order valence-corrected chi connectivity index (χ1v) is 9.57. The highest BCUT2D eigenvalue weighted by Gasteiger charge is 2.16. The molecule has 0 unspecified atom stereocenters. The SMILES string of the molecule is C=C.CCCN(CCC)c1nnc(-c2ccccc2)cc1-c1ccccc1. The molecule has 3 nitrogen and oxygen atoms in total. The van der Waals surface area contributed by atoms with E-state index in [9.17, 15) is 0 Å². The molecule has 0 aliphatic heterocycles. The van der Waals surface area contributed by atoms with E-state index in [-0.39, 0.29) is 0 Å². The maximum Gasteiger partial charge on any atom is 0.159 e. The Morgan fingerprint density at radius 2 is 1.26 bits per heavy atom. The Hall–Kier alpha value is -2.94. The average Bonchev–Trinajstić information content (AvgIpc) is 2.76. The zero-order valence-electron chi connectivity index (χ0n) is 16.4. The smallest absolute Gasteiger partial charge is 0.159 e. The molecular weight excluding hydrogens is 330 g/mol. The number of benzene rings is 2. The van der Waals surface area contributed by atoms with Crippen LogP contribution in [0.5, 0.6) is 0 Å². The quantitative estimate of drug-likeness (QED) is 0.468. The van der Waals surface area contributed by atoms with Crippen LogP contribution in [0.15, 0.2) is 79.9 Å². The van der Waals surface area contributed by atoms with Gasteiger partial charge in [0.25, 0.3) is 0 Å². The Morgan fingerprint density at radius 1 is 0.741 bits per heavy atom. The summed E-state index contributed by atoms with van der Waals surface area (Å²) in [5, 5.41) is 9.17. The predicted molar refractivity (Wildman–Crippen MR) is 117 cm³/mol. The van der Waals surface area contributed by atoms with Crippen LogP contribution in [0, 0.1) is 0 Å². The van der Waals surface area contributed by atoms with Gasteiger partial charge in [-0.3, -0.25) is 0 Å². The number of hydrogen-bond acceptors (Lipinski definition) is 3. The monoisotopic (exact) mass is 359 g/mol. The highest BCUT2D eigenvalue weighted by atomic mass is 15.3. The molecule has 3 aromatic rings. The Morgan fingerprint density at radius 3 is 1.78 bits per heavy atom. The molecule has 1 heterocycles. The molecule has 0 spiro atoms. The first kappa shape index (κ1) is 20.4. The Balaban J connectivity index is 0.00000126. The first-order chi connectivity index (χ1) is 13.3. The van der Waals surface area contributed by atoms with Crippen LogP contribution in [-0.4, -0.2) is 23.3 Å². The van der Waals surface area contributed by atoms with Gasteiger partial charge < -0.3 is 4.90 Å². The summed E-state index contributed by atoms with van der Waals surface area (Å²) in [4.78, 5) is 2.35. The third-order valence-corrected chi connectivity index (χ3v) is 4.22. The minimum Gasteiger partial charge on any atom is -0.355 e. The van der Waals surface area contributed by atoms with Crippen LogP contribution in [0.3, 0.4) is 0 Å². The molecule has 0 radical (unpaired) electrons. The molecule has 3 heteroatoms. The van der Waals surface area contributed by atoms with Crippen molar-refractivity contribution in [3.8, 4) is 22.4 Å². The number of aromatic nitrogens is 2. The normalized spacial score (nSPS) is 10.0. The second-order valence-corrected chi connectivity index (χ2v) is 6.19. The minimum atomic E-state index is 0.913. The van der Waals surface area contributed by atoms with E-state index in [1.54, 1.807) is 0 Å². The van der Waals surface area contributed by atoms with Crippen LogP contribution in [0.25, 0.3) is 22.4 Å². The van der Waals surface area contributed by atoms with E-state index in [0.717, 1.165) is 48.6 Å². The third-order valence-electron chi connectivity index (χ3n) is 4.22. The lowest BCUT2D eigenvalue weighted by Gasteiger charge is -2.25. The van der Waals surface area contributed by atoms with Crippen molar-refractivity contribution < 1.29 is 0 Å². The Labute approximate surface area is 163 Å². The third kappa shape index (κ3) is 5.27. The van der Waals surface area contributed by atoms with Crippen LogP contribution in [0.4, 0.5) is 5.82 Å². The van der Waals surface area contributed by atoms with Crippen molar-refractivity contribution in [3.63, 3.8) is 0 Å². The van der Waals surface area contributed by atoms with Crippen molar-refractivity contribution in [1.29, 1.82) is 0 Å². The molecular formula is C24H29N3. The van der Waals surface area contributed by atoms with Gasteiger partial charge in [-0.25, -0.2) is 0 Å². The number of nitrogens with zero attached hydrogens (tertiary/aromatic N) is 3. The van der Waals surface area contributed by atoms with Crippen molar-refractivity contribution in [2.24, 2.45) is 0 Å². The van der Waals surface area contributed by atoms with Crippen molar-refractivity contribution in [2.45, 2.75) is 26.7 Å². The molecule has 27 heavy (non-hydrogen) atoms. The maximum absolute atomic E-state index is 4.64. The summed E-state index contributed by atoms with van der Waals surface area (Å²) < 4.78 is 0. The molecule has 0 aliphatic rings. The summed E-state index contributed by atoms with van der Waals surface area (Å²) in [6.07, 6.45) is 2.19. The molecule has 0 saturated carbocycles. The maximum atomic E-state index is 4.64. The van der Waals surface area contributed by atoms with Gasteiger partial charge >= 0.3 is 0 Å². The van der Waals surface area contributed by atoms with Crippen molar-refractivity contribution >= 4 is 5.82 Å². The lowest BCUT2D eigenvalue weighted by Crippen LogP contribution is -2.26. The van der Waals surface area contributed by atoms with Crippen molar-refractivity contribution in [3.05, 3.63) is 79.9 Å². The molecule has 0 N–H and O–H groups in total. The van der Waals surface area contributed by atoms with Gasteiger partial charge in [-0.1, -0.05) is 74.5 Å². The molecule has 140 valence electrons. The summed E-state index contributed by atoms with van der Waals surface area (Å²) in [6, 6.07) is 22.9. The molecule has 0 bridgehead atoms. The fourth-order valence-corrected chi connectivity index (χ4v) is 3.06. The van der Waals surface area contributed by atoms with Gasteiger partial charge in [0.2, 0.25) is 0 Å². The van der Waals surface area contributed by atoms with E-state index in [1.165, 1.54) is 5.56 Å². The average molecular weight is 360 g/mol. The van der Waals surface area contributed by atoms with E-state index >= 15 is 0 Å². The molecule has 0 saturated heterocycles. The Bertz CT molecular complexity index is 794. The van der Waals surface area contributed by atoms with Gasteiger partial charge in [-0.2, -0.15) is 0 Å². The number of anilines is 1. The van der Waals surface area contributed by atoms with E-state index in [4.69, 9.17) is 0 Å². The van der Waals surface area contributed by atoms with Crippen LogP contribution in [0.1, 0.15) is 26.7 Å². The van der Waals surface area contributed by atoms with Gasteiger partial charge in [0, 0.05) is 24.2 Å². The van der Waals surface area contributed by atoms with Crippen molar-refractivity contribution in [2.75, 3.05) is 18.0 Å². The largest absolute Gasteiger partial charge is 0.355 e. The number of rotatable bonds is 7. The standard InChI is InChI=1S/C22H25N3.C2H4/c1-3-15-25(16-4-2)22-20(18-11-7-5-8-12-18)17-21(23-24-22)19-13-9-6-10-14-19;1-2/h5-14,17H,3-4,15-16H2,1-2H3;1-2H2. The minimum absolute atomic E-state index is 0.913. The molecule has 0 aliphatic carbocycles. The number of hydrogen-bond donors (Lipinski definition) is 0. The zero-order valence-corrected chi connectivity index (χ0v) is 16.4. The highest BCUT2D eigenvalue weighted by molar-refractivity contribution is 5.79. The molecule has 0 atom stereocenters. The summed E-state index contributed by atoms with van der Waals surface area (Å²) in [6.45, 7) is 12.4. The molecule has 0 fully saturated rings. The summed E-state index contributed by atoms with van der Waals surface area (Å²) in [5.74, 6) is 0.981. The van der Waals surface area contributed by atoms with Gasteiger partial charge in [0.05, 0.1) is 5.69 Å². The topological polar surface area (TPSA) is 29.0 Å². The van der Waals surface area contributed by atoms with Gasteiger partial charge in [-0.15, -0.1) is 23.4 Å². The van der Waals surface area contributed by atoms with Crippen LogP contribution >= 0.6 is 0 Å². The lowest BCUT2D eigenvalue weighted by molar-refractivity contribution is 0.727. The van der Waals surface area contributed by atoms with Crippen molar-refractivity contribution in [1.82, 2.24) is 10.2 Å². The van der Waals surface area contributed by atoms with E-state index in [0.29, 0.717) is 0 Å². The second kappa shape index (κ2) is 10.9. The van der Waals surface area contributed by atoms with E-state index in [2.05, 4.69) is 84.6 Å². The Kier molecular flexibility index (Phi) is 8.24. The molecule has 1 aromatic heterocycles. The van der Waals surface area contributed by atoms with E-state index in [1.807, 2.05) is 24.3 Å². The van der Waals surface area contributed by atoms with Crippen LogP contribution in [0.2, 0.25) is 0 Å². The molecule has 0 amide bonds. The summed E-state index contributed by atoms with van der Waals surface area (Å²) >= 11 is 0. The summed E-state index contributed by atoms with van der Waals surface area (Å²) in [7, 11) is 0. The highest BCUT2D eigenvalue weighted by Crippen LogP contribution is 2.32. The molecule has 3 rings (SSSR count). The predicted octanol–water partition coefficient (Wildman–Crippen LogP) is 6.24. The van der Waals surface area contributed by atoms with Crippen LogP contribution in [-0.2, 0) is 0 Å². The summed E-state index contributed by atoms with van der Waals surface area (Å²) in [5.41, 5.74) is 4.34. The van der Waals surface area contributed by atoms with Crippen LogP contribution < -0.4 is 4.90 Å². The zero-order chi connectivity index (χ0) is 19.5. The lowest BCUT2D eigenvalue weighted by atomic mass is 10.0. The fourth-order valence-electron chi connectivity index (χ4n) is 3.06. The van der Waals surface area contributed by atoms with Gasteiger partial charge in [0.15, 0.2) is 5.82 Å². The van der Waals surface area contributed by atoms with Gasteiger partial charge in [-0.05, 0) is 24.5 Å². The first-order valence-electron chi connectivity index (χ1n) is 9.57. The fraction of sp³-hybridized carbons (Fsp3) is 0.250. The van der Waals surface area contributed by atoms with E-state index < -0.39 is 0 Å². The van der Waals surface area contributed by atoms with Gasteiger partial charge in [0.1, 0.15) is 0 Å². The molecule has 2 aromatic carbocycles.